The van der Waals surface area contributed by atoms with E-state index >= 15 is 0 Å². The fraction of sp³-hybridized carbons (Fsp3) is 0.0737. The quantitative estimate of drug-likeness (QED) is 0.0311. The van der Waals surface area contributed by atoms with Crippen LogP contribution in [-0.4, -0.2) is 71.5 Å². The number of alkyl halides is 5. The normalized spacial score (nSPS) is 10.3. The van der Waals surface area contributed by atoms with Crippen LogP contribution in [-0.2, 0) is 12.1 Å². The zero-order valence-corrected chi connectivity index (χ0v) is 65.9. The molecule has 5 amide bonds. The Morgan fingerprint density at radius 1 is 0.368 bits per heavy atom. The van der Waals surface area contributed by atoms with E-state index in [0.717, 1.165) is 19.1 Å². The Hall–Kier alpha value is -16.4. The molecule has 8 aromatic carbocycles. The molecule has 0 aliphatic rings. The van der Waals surface area contributed by atoms with Gasteiger partial charge in [0, 0.05) is 142 Å². The van der Waals surface area contributed by atoms with E-state index in [9.17, 15) is 50.3 Å². The highest BCUT2D eigenvalue weighted by Gasteiger charge is 2.32. The highest BCUT2D eigenvalue weighted by Crippen LogP contribution is 2.37. The molecule has 125 heavy (non-hydrogen) atoms. The number of ether oxygens (including phenoxy) is 6. The standard InChI is InChI=1S/C21H13F3N2O2.C20H16F2N2O2.C19H16N2O3.C18H14FN3O2.C15H11N3O2S.2CH4/c1-2-14-5-3-6-15(9-14)20(27)26-17-10-16(21(22,23)24)11-19(12-17)28-18-7-4-8-25-13-18;1-20(21,22)15-6-2-5-14(11-15)19(25)24-16-7-3-8-17(12-16)26-18-9-4-10-23-13-18;1-23-16-7-2-5-14(11-16)19(22)21-15-6-3-8-17(12-15)24-18-9-4-10-20-13-18;1-12-8-16(19)17(21-10-12)18(23)22-13-4-2-5-14(9-13)24-15-6-3-7-20-11-15;19-14(15-17-7-8-21-15)18-11-3-1-4-12(9-11)20-13-5-2-6-16-10-13;;/h1,3-13H,(H,26,27);2-13H,1H3,(H,24,25);2-13H,1H3,(H,21,22);2-11H,1H3,(H,22,23);1-10H,(H,18,19);2*1H4. The summed E-state index contributed by atoms with van der Waals surface area (Å²) in [4.78, 5) is 88.7. The maximum Gasteiger partial charge on any atom is 0.416 e. The first kappa shape index (κ1) is 92.5. The molecule has 0 unspecified atom stereocenters. The predicted molar refractivity (Wildman–Crippen MR) is 466 cm³/mol. The average molecular weight is 1710 g/mol. The highest BCUT2D eigenvalue weighted by atomic mass is 32.1. The molecule has 632 valence electrons. The van der Waals surface area contributed by atoms with E-state index < -0.39 is 41.2 Å². The predicted octanol–water partition coefficient (Wildman–Crippen LogP) is 23.3. The van der Waals surface area contributed by atoms with Crippen LogP contribution in [0.3, 0.4) is 0 Å². The summed E-state index contributed by atoms with van der Waals surface area (Å²) in [6, 6.07) is 68.1. The van der Waals surface area contributed by atoms with Crippen molar-refractivity contribution in [1.29, 1.82) is 0 Å². The minimum atomic E-state index is -4.61. The van der Waals surface area contributed by atoms with Crippen LogP contribution in [0.25, 0.3) is 0 Å². The van der Waals surface area contributed by atoms with Crippen LogP contribution < -0.4 is 55.0 Å². The molecule has 15 aromatic rings. The number of rotatable bonds is 22. The second kappa shape index (κ2) is 45.7. The zero-order valence-electron chi connectivity index (χ0n) is 65.1. The van der Waals surface area contributed by atoms with Crippen LogP contribution in [0.4, 0.5) is 54.8 Å². The molecule has 7 heterocycles. The number of hydrogen-bond donors (Lipinski definition) is 5. The van der Waals surface area contributed by atoms with Gasteiger partial charge < -0.3 is 55.0 Å². The number of pyridine rings is 6. The van der Waals surface area contributed by atoms with Gasteiger partial charge in [-0.05, 0) is 188 Å². The van der Waals surface area contributed by atoms with E-state index in [4.69, 9.17) is 34.8 Å². The molecule has 0 fully saturated rings. The van der Waals surface area contributed by atoms with Crippen LogP contribution >= 0.6 is 11.3 Å². The number of aryl methyl sites for hydroxylation is 1. The third-order valence-electron chi connectivity index (χ3n) is 16.3. The molecule has 0 aliphatic heterocycles. The lowest BCUT2D eigenvalue weighted by molar-refractivity contribution is -0.137. The number of anilines is 5. The summed E-state index contributed by atoms with van der Waals surface area (Å²) in [5.74, 6) is 2.11. The lowest BCUT2D eigenvalue weighted by Crippen LogP contribution is -2.15. The Balaban J connectivity index is 0.000000177. The van der Waals surface area contributed by atoms with Gasteiger partial charge in [0.05, 0.1) is 43.7 Å². The van der Waals surface area contributed by atoms with Crippen molar-refractivity contribution >= 4 is 69.3 Å². The second-order valence-electron chi connectivity index (χ2n) is 25.7. The summed E-state index contributed by atoms with van der Waals surface area (Å²) >= 11 is 1.29. The van der Waals surface area contributed by atoms with Gasteiger partial charge in [-0.2, -0.15) is 13.2 Å². The van der Waals surface area contributed by atoms with Gasteiger partial charge in [0.15, 0.2) is 16.5 Å². The molecule has 0 saturated carbocycles. The minimum absolute atomic E-state index is 0. The molecule has 0 atom stereocenters. The molecular formula is C95H78F6N12O11S. The second-order valence-corrected chi connectivity index (χ2v) is 26.6. The Labute approximate surface area is 719 Å². The summed E-state index contributed by atoms with van der Waals surface area (Å²) in [5.41, 5.74) is 2.81. The first-order valence-electron chi connectivity index (χ1n) is 36.7. The number of benzene rings is 8. The molecule has 5 N–H and O–H groups in total. The number of carbonyl (C=O) groups is 5. The average Bonchev–Trinajstić information content (AvgIpc) is 1.14. The number of thiazole rings is 1. The maximum atomic E-state index is 13.8. The molecule has 15 rings (SSSR count). The van der Waals surface area contributed by atoms with Crippen molar-refractivity contribution < 1.29 is 78.7 Å². The van der Waals surface area contributed by atoms with E-state index in [1.807, 2.05) is 36.4 Å². The van der Waals surface area contributed by atoms with Crippen molar-refractivity contribution in [2.24, 2.45) is 0 Å². The Bertz CT molecular complexity index is 6110. The molecule has 0 aliphatic carbocycles. The van der Waals surface area contributed by atoms with Gasteiger partial charge in [-0.25, -0.2) is 23.1 Å². The largest absolute Gasteiger partial charge is 0.497 e. The van der Waals surface area contributed by atoms with Gasteiger partial charge in [0.2, 0.25) is 0 Å². The van der Waals surface area contributed by atoms with Crippen LogP contribution in [0.2, 0.25) is 0 Å². The monoisotopic (exact) mass is 1710 g/mol. The summed E-state index contributed by atoms with van der Waals surface area (Å²) in [6.45, 7) is 2.50. The van der Waals surface area contributed by atoms with Crippen LogP contribution in [0.1, 0.15) is 95.4 Å². The first-order valence-corrected chi connectivity index (χ1v) is 37.6. The van der Waals surface area contributed by atoms with Crippen molar-refractivity contribution in [1.82, 2.24) is 34.9 Å². The fourth-order valence-electron chi connectivity index (χ4n) is 10.6. The third kappa shape index (κ3) is 29.5. The molecular weight excluding hydrogens is 1630 g/mol. The zero-order chi connectivity index (χ0) is 86.9. The molecule has 23 nitrogen and oxygen atoms in total. The topological polar surface area (TPSA) is 291 Å². The number of methoxy groups -OCH3 is 1. The van der Waals surface area contributed by atoms with E-state index in [0.29, 0.717) is 96.2 Å². The van der Waals surface area contributed by atoms with Crippen LogP contribution in [0.15, 0.2) is 335 Å². The SMILES string of the molecule is C.C.C#Cc1cccc(C(=O)Nc2cc(Oc3cccnc3)cc(C(F)(F)F)c2)c1.CC(F)(F)c1cccc(C(=O)Nc2cccc(Oc3cccnc3)c2)c1.COc1cccc(C(=O)Nc2cccc(Oc3cccnc3)c2)c1.Cc1cnc(C(=O)Nc2cccc(Oc3cccnc3)c2)c(F)c1.O=C(Nc1cccc(Oc2cccnc2)c1)c1nccs1. The molecule has 0 radical (unpaired) electrons. The number of halogens is 6. The Morgan fingerprint density at radius 3 is 1.13 bits per heavy atom. The number of carbonyl (C=O) groups excluding carboxylic acids is 5. The fourth-order valence-corrected chi connectivity index (χ4v) is 11.2. The number of aromatic nitrogens is 7. The van der Waals surface area contributed by atoms with Crippen LogP contribution in [0.5, 0.6) is 63.2 Å². The summed E-state index contributed by atoms with van der Waals surface area (Å²) in [7, 11) is 1.57. The van der Waals surface area contributed by atoms with Gasteiger partial charge in [-0.15, -0.1) is 17.8 Å². The maximum absolute atomic E-state index is 13.8. The van der Waals surface area contributed by atoms with Crippen molar-refractivity contribution in [2.75, 3.05) is 33.7 Å². The van der Waals surface area contributed by atoms with E-state index in [1.54, 1.807) is 233 Å². The van der Waals surface area contributed by atoms with E-state index in [2.05, 4.69) is 67.4 Å². The Morgan fingerprint density at radius 2 is 0.736 bits per heavy atom. The van der Waals surface area contributed by atoms with E-state index in [-0.39, 0.29) is 66.2 Å². The summed E-state index contributed by atoms with van der Waals surface area (Å²) < 4.78 is 114. The molecule has 30 heteroatoms. The number of hydrogen-bond acceptors (Lipinski definition) is 19. The number of terminal acetylenes is 1. The molecule has 0 bridgehead atoms. The van der Waals surface area contributed by atoms with Crippen molar-refractivity contribution in [3.8, 4) is 75.6 Å². The number of amides is 5. The van der Waals surface area contributed by atoms with Gasteiger partial charge in [0.1, 0.15) is 63.2 Å². The van der Waals surface area contributed by atoms with Gasteiger partial charge in [-0.1, -0.05) is 69.3 Å². The van der Waals surface area contributed by atoms with Crippen molar-refractivity contribution in [2.45, 2.75) is 40.8 Å². The Kier molecular flexibility index (Phi) is 33.8. The molecule has 7 aromatic heterocycles. The summed E-state index contributed by atoms with van der Waals surface area (Å²) in [6.07, 6.45) is 19.6. The minimum Gasteiger partial charge on any atom is -0.497 e. The van der Waals surface area contributed by atoms with Gasteiger partial charge in [0.25, 0.3) is 35.5 Å². The lowest BCUT2D eigenvalue weighted by atomic mass is 10.1. The molecule has 0 saturated heterocycles. The smallest absolute Gasteiger partial charge is 0.416 e. The van der Waals surface area contributed by atoms with Crippen LogP contribution in [0, 0.1) is 25.1 Å². The lowest BCUT2D eigenvalue weighted by Gasteiger charge is -2.14. The first-order chi connectivity index (χ1) is 59.4. The number of nitrogens with zero attached hydrogens (tertiary/aromatic N) is 7. The van der Waals surface area contributed by atoms with E-state index in [1.165, 1.54) is 78.5 Å². The van der Waals surface area contributed by atoms with Gasteiger partial charge >= 0.3 is 6.18 Å². The summed E-state index contributed by atoms with van der Waals surface area (Å²) in [5, 5.41) is 15.6. The van der Waals surface area contributed by atoms with Gasteiger partial charge in [-0.3, -0.25) is 48.9 Å². The highest BCUT2D eigenvalue weighted by molar-refractivity contribution is 7.11. The van der Waals surface area contributed by atoms with Crippen molar-refractivity contribution in [3.05, 3.63) is 390 Å². The number of nitrogens with one attached hydrogen (secondary N) is 5. The molecule has 0 spiro atoms. The van der Waals surface area contributed by atoms with Crippen molar-refractivity contribution in [3.63, 3.8) is 0 Å². The third-order valence-corrected chi connectivity index (χ3v) is 17.1.